The first kappa shape index (κ1) is 9.49. The van der Waals surface area contributed by atoms with Crippen LogP contribution in [0.15, 0.2) is 29.6 Å². The van der Waals surface area contributed by atoms with Gasteiger partial charge in [0, 0.05) is 10.4 Å². The summed E-state index contributed by atoms with van der Waals surface area (Å²) in [5.74, 6) is 0.715. The summed E-state index contributed by atoms with van der Waals surface area (Å²) in [5.41, 5.74) is 0.965. The van der Waals surface area contributed by atoms with Crippen LogP contribution in [-0.4, -0.2) is 4.98 Å². The summed E-state index contributed by atoms with van der Waals surface area (Å²) in [6.07, 6.45) is 0. The van der Waals surface area contributed by atoms with E-state index in [0.717, 1.165) is 5.69 Å². The predicted octanol–water partition coefficient (Wildman–Crippen LogP) is 3.90. The first-order valence-electron chi connectivity index (χ1n) is 4.09. The monoisotopic (exact) mass is 225 g/mol. The first-order chi connectivity index (χ1) is 6.74. The van der Waals surface area contributed by atoms with Crippen molar-refractivity contribution in [1.82, 2.24) is 4.98 Å². The first-order valence-corrected chi connectivity index (χ1v) is 5.35. The summed E-state index contributed by atoms with van der Waals surface area (Å²) < 4.78 is 5.50. The van der Waals surface area contributed by atoms with Gasteiger partial charge in [-0.1, -0.05) is 29.0 Å². The molecule has 0 aliphatic heterocycles. The Balaban J connectivity index is 2.18. The average Bonchev–Trinajstić information content (AvgIpc) is 2.51. The van der Waals surface area contributed by atoms with Crippen molar-refractivity contribution in [3.8, 4) is 10.9 Å². The second kappa shape index (κ2) is 3.98. The molecule has 1 heterocycles. The van der Waals surface area contributed by atoms with E-state index in [9.17, 15) is 0 Å². The highest BCUT2D eigenvalue weighted by atomic mass is 35.5. The lowest BCUT2D eigenvalue weighted by atomic mass is 10.3. The average molecular weight is 226 g/mol. The molecule has 72 valence electrons. The molecule has 0 saturated heterocycles. The van der Waals surface area contributed by atoms with E-state index in [1.165, 1.54) is 11.3 Å². The zero-order valence-electron chi connectivity index (χ0n) is 7.53. The van der Waals surface area contributed by atoms with E-state index in [0.29, 0.717) is 16.0 Å². The molecular formula is C10H8ClNOS. The largest absolute Gasteiger partial charge is 0.431 e. The van der Waals surface area contributed by atoms with Crippen LogP contribution in [0.3, 0.4) is 0 Å². The topological polar surface area (TPSA) is 22.1 Å². The molecule has 0 unspecified atom stereocenters. The summed E-state index contributed by atoms with van der Waals surface area (Å²) >= 11 is 7.29. The minimum atomic E-state index is 0.643. The molecule has 4 heteroatoms. The van der Waals surface area contributed by atoms with Crippen LogP contribution in [0, 0.1) is 6.92 Å². The molecule has 2 rings (SSSR count). The van der Waals surface area contributed by atoms with Crippen molar-refractivity contribution < 1.29 is 4.74 Å². The number of thiazole rings is 1. The van der Waals surface area contributed by atoms with E-state index in [1.54, 1.807) is 6.07 Å². The van der Waals surface area contributed by atoms with Crippen molar-refractivity contribution in [3.05, 3.63) is 40.4 Å². The number of nitrogens with zero attached hydrogens (tertiary/aromatic N) is 1. The number of aromatic nitrogens is 1. The van der Waals surface area contributed by atoms with Crippen molar-refractivity contribution in [1.29, 1.82) is 0 Å². The lowest BCUT2D eigenvalue weighted by Crippen LogP contribution is -1.82. The predicted molar refractivity (Wildman–Crippen MR) is 58.4 cm³/mol. The number of ether oxygens (including phenoxy) is 1. The van der Waals surface area contributed by atoms with E-state index >= 15 is 0 Å². The molecule has 14 heavy (non-hydrogen) atoms. The smallest absolute Gasteiger partial charge is 0.278 e. The van der Waals surface area contributed by atoms with Crippen LogP contribution < -0.4 is 4.74 Å². The third-order valence-corrected chi connectivity index (χ3v) is 2.67. The van der Waals surface area contributed by atoms with Gasteiger partial charge in [0.2, 0.25) is 0 Å². The summed E-state index contributed by atoms with van der Waals surface area (Å²) in [6.45, 7) is 1.93. The van der Waals surface area contributed by atoms with Gasteiger partial charge in [-0.05, 0) is 25.1 Å². The Morgan fingerprint density at radius 1 is 1.43 bits per heavy atom. The Morgan fingerprint density at radius 3 is 2.93 bits per heavy atom. The third kappa shape index (κ3) is 2.25. The van der Waals surface area contributed by atoms with Gasteiger partial charge >= 0.3 is 0 Å². The lowest BCUT2D eigenvalue weighted by Gasteiger charge is -2.00. The quantitative estimate of drug-likeness (QED) is 0.774. The minimum Gasteiger partial charge on any atom is -0.431 e. The molecule has 0 aliphatic rings. The van der Waals surface area contributed by atoms with Gasteiger partial charge in [0.15, 0.2) is 0 Å². The van der Waals surface area contributed by atoms with Gasteiger partial charge in [-0.15, -0.1) is 0 Å². The van der Waals surface area contributed by atoms with Crippen molar-refractivity contribution in [2.24, 2.45) is 0 Å². The van der Waals surface area contributed by atoms with E-state index in [1.807, 2.05) is 30.5 Å². The van der Waals surface area contributed by atoms with Crippen molar-refractivity contribution in [2.75, 3.05) is 0 Å². The fourth-order valence-electron chi connectivity index (χ4n) is 1.01. The van der Waals surface area contributed by atoms with Crippen LogP contribution in [0.1, 0.15) is 5.69 Å². The number of benzene rings is 1. The summed E-state index contributed by atoms with van der Waals surface area (Å²) in [7, 11) is 0. The summed E-state index contributed by atoms with van der Waals surface area (Å²) in [5, 5.41) is 3.25. The fraction of sp³-hybridized carbons (Fsp3) is 0.100. The molecular weight excluding hydrogens is 218 g/mol. The van der Waals surface area contributed by atoms with E-state index in [2.05, 4.69) is 4.98 Å². The normalized spacial score (nSPS) is 10.1. The number of hydrogen-bond acceptors (Lipinski definition) is 3. The molecule has 2 nitrogen and oxygen atoms in total. The summed E-state index contributed by atoms with van der Waals surface area (Å²) in [6, 6.07) is 7.26. The van der Waals surface area contributed by atoms with Crippen LogP contribution in [-0.2, 0) is 0 Å². The molecule has 0 spiro atoms. The highest BCUT2D eigenvalue weighted by Crippen LogP contribution is 2.26. The van der Waals surface area contributed by atoms with Crippen molar-refractivity contribution >= 4 is 22.9 Å². The maximum Gasteiger partial charge on any atom is 0.278 e. The molecule has 2 aromatic rings. The third-order valence-electron chi connectivity index (χ3n) is 1.60. The van der Waals surface area contributed by atoms with Gasteiger partial charge in [-0.3, -0.25) is 0 Å². The summed E-state index contributed by atoms with van der Waals surface area (Å²) in [4.78, 5) is 4.19. The standard InChI is InChI=1S/C10H8ClNOS/c1-7-6-14-10(12-7)13-9-4-2-3-8(11)5-9/h2-6H,1H3. The fourth-order valence-corrected chi connectivity index (χ4v) is 1.86. The molecule has 0 N–H and O–H groups in total. The molecule has 1 aromatic carbocycles. The number of aryl methyl sites for hydroxylation is 1. The van der Waals surface area contributed by atoms with Gasteiger partial charge in [-0.2, -0.15) is 0 Å². The Morgan fingerprint density at radius 2 is 2.29 bits per heavy atom. The molecule has 0 amide bonds. The highest BCUT2D eigenvalue weighted by Gasteiger charge is 2.01. The van der Waals surface area contributed by atoms with Gasteiger partial charge in [0.25, 0.3) is 5.19 Å². The molecule has 0 aliphatic carbocycles. The van der Waals surface area contributed by atoms with Crippen molar-refractivity contribution in [3.63, 3.8) is 0 Å². The van der Waals surface area contributed by atoms with E-state index < -0.39 is 0 Å². The minimum absolute atomic E-state index is 0.643. The van der Waals surface area contributed by atoms with Gasteiger partial charge in [-0.25, -0.2) is 4.98 Å². The Bertz CT molecular complexity index is 441. The maximum absolute atomic E-state index is 5.82. The second-order valence-corrected chi connectivity index (χ2v) is 4.07. The number of rotatable bonds is 2. The molecule has 0 radical (unpaired) electrons. The van der Waals surface area contributed by atoms with Crippen LogP contribution >= 0.6 is 22.9 Å². The van der Waals surface area contributed by atoms with Crippen LogP contribution in [0.2, 0.25) is 5.02 Å². The van der Waals surface area contributed by atoms with Gasteiger partial charge in [0.1, 0.15) is 5.75 Å². The highest BCUT2D eigenvalue weighted by molar-refractivity contribution is 7.11. The number of halogens is 1. The second-order valence-electron chi connectivity index (χ2n) is 2.81. The van der Waals surface area contributed by atoms with Gasteiger partial charge in [0.05, 0.1) is 5.69 Å². The zero-order valence-corrected chi connectivity index (χ0v) is 9.10. The van der Waals surface area contributed by atoms with Crippen LogP contribution in [0.5, 0.6) is 10.9 Å². The lowest BCUT2D eigenvalue weighted by molar-refractivity contribution is 0.478. The molecule has 1 aromatic heterocycles. The Labute approximate surface area is 91.1 Å². The van der Waals surface area contributed by atoms with E-state index in [-0.39, 0.29) is 0 Å². The Hall–Kier alpha value is -1.06. The van der Waals surface area contributed by atoms with Crippen LogP contribution in [0.4, 0.5) is 0 Å². The Kier molecular flexibility index (Phi) is 2.70. The molecule has 0 saturated carbocycles. The molecule has 0 fully saturated rings. The SMILES string of the molecule is Cc1csc(Oc2cccc(Cl)c2)n1. The zero-order chi connectivity index (χ0) is 9.97. The maximum atomic E-state index is 5.82. The van der Waals surface area contributed by atoms with Crippen molar-refractivity contribution in [2.45, 2.75) is 6.92 Å². The number of hydrogen-bond donors (Lipinski definition) is 0. The van der Waals surface area contributed by atoms with Gasteiger partial charge < -0.3 is 4.74 Å². The molecule has 0 bridgehead atoms. The van der Waals surface area contributed by atoms with E-state index in [4.69, 9.17) is 16.3 Å². The molecule has 0 atom stereocenters. The van der Waals surface area contributed by atoms with Crippen LogP contribution in [0.25, 0.3) is 0 Å².